The van der Waals surface area contributed by atoms with E-state index in [2.05, 4.69) is 15.8 Å². The van der Waals surface area contributed by atoms with E-state index in [4.69, 9.17) is 0 Å². The van der Waals surface area contributed by atoms with Gasteiger partial charge in [-0.25, -0.2) is 5.43 Å². The minimum atomic E-state index is -0.541. The molecule has 0 saturated heterocycles. The summed E-state index contributed by atoms with van der Waals surface area (Å²) in [5, 5.41) is 16.2. The first-order chi connectivity index (χ1) is 10.7. The molecule has 0 aromatic heterocycles. The van der Waals surface area contributed by atoms with Gasteiger partial charge in [-0.2, -0.15) is 5.10 Å². The zero-order valence-corrected chi connectivity index (χ0v) is 11.5. The molecule has 110 valence electrons. The average molecular weight is 295 g/mol. The number of phenols is 1. The van der Waals surface area contributed by atoms with Gasteiger partial charge >= 0.3 is 0 Å². The third-order valence-electron chi connectivity index (χ3n) is 3.37. The van der Waals surface area contributed by atoms with Crippen LogP contribution in [0.3, 0.4) is 0 Å². The molecule has 6 nitrogen and oxygen atoms in total. The van der Waals surface area contributed by atoms with Crippen LogP contribution in [-0.4, -0.2) is 23.1 Å². The molecule has 0 radical (unpaired) electrons. The maximum absolute atomic E-state index is 11.9. The molecule has 0 saturated carbocycles. The summed E-state index contributed by atoms with van der Waals surface area (Å²) in [6, 6.07) is 13.5. The van der Waals surface area contributed by atoms with Gasteiger partial charge in [0, 0.05) is 11.9 Å². The maximum Gasteiger partial charge on any atom is 0.275 e. The monoisotopic (exact) mass is 295 g/mol. The van der Waals surface area contributed by atoms with Crippen LogP contribution in [0.15, 0.2) is 53.6 Å². The first-order valence-corrected chi connectivity index (χ1v) is 6.68. The van der Waals surface area contributed by atoms with E-state index < -0.39 is 11.8 Å². The van der Waals surface area contributed by atoms with Gasteiger partial charge in [-0.3, -0.25) is 9.59 Å². The van der Waals surface area contributed by atoms with Crippen molar-refractivity contribution in [2.45, 2.75) is 5.92 Å². The van der Waals surface area contributed by atoms with Crippen LogP contribution in [0.5, 0.6) is 5.75 Å². The average Bonchev–Trinajstić information content (AvgIpc) is 2.83. The highest BCUT2D eigenvalue weighted by molar-refractivity contribution is 6.12. The zero-order chi connectivity index (χ0) is 15.5. The summed E-state index contributed by atoms with van der Waals surface area (Å²) < 4.78 is 0. The lowest BCUT2D eigenvalue weighted by Crippen LogP contribution is -2.20. The van der Waals surface area contributed by atoms with Crippen molar-refractivity contribution in [3.8, 4) is 5.75 Å². The zero-order valence-electron chi connectivity index (χ0n) is 11.5. The van der Waals surface area contributed by atoms with Gasteiger partial charge in [0.2, 0.25) is 5.91 Å². The van der Waals surface area contributed by atoms with Gasteiger partial charge in [0.25, 0.3) is 5.91 Å². The lowest BCUT2D eigenvalue weighted by atomic mass is 10.0. The molecule has 2 aromatic carbocycles. The molecule has 0 spiro atoms. The van der Waals surface area contributed by atoms with Crippen LogP contribution in [0.4, 0.5) is 5.69 Å². The molecular formula is C16H13N3O3. The van der Waals surface area contributed by atoms with E-state index in [0.29, 0.717) is 0 Å². The molecule has 1 atom stereocenters. The number of nitrogens with zero attached hydrogens (tertiary/aromatic N) is 1. The lowest BCUT2D eigenvalue weighted by Gasteiger charge is -2.04. The standard InChI is InChI=1S/C16H13N3O3/c20-14-8-4-2-6-11(14)16(22)19-17-9-12-10-5-1-3-7-13(10)18-15(12)21/h1-9,12,20H,(H,18,21)(H,19,22)/b17-9+. The van der Waals surface area contributed by atoms with E-state index in [1.54, 1.807) is 12.1 Å². The fourth-order valence-corrected chi connectivity index (χ4v) is 2.28. The smallest absolute Gasteiger partial charge is 0.275 e. The normalized spacial score (nSPS) is 16.4. The number of fused-ring (bicyclic) bond motifs is 1. The van der Waals surface area contributed by atoms with Crippen molar-refractivity contribution >= 4 is 23.7 Å². The van der Waals surface area contributed by atoms with Crippen LogP contribution in [0.25, 0.3) is 0 Å². The maximum atomic E-state index is 11.9. The minimum Gasteiger partial charge on any atom is -0.507 e. The second-order valence-corrected chi connectivity index (χ2v) is 4.79. The van der Waals surface area contributed by atoms with Crippen molar-refractivity contribution in [1.82, 2.24) is 5.43 Å². The van der Waals surface area contributed by atoms with E-state index in [1.807, 2.05) is 24.3 Å². The molecule has 0 aliphatic carbocycles. The molecule has 3 rings (SSSR count). The summed E-state index contributed by atoms with van der Waals surface area (Å²) in [7, 11) is 0. The Hall–Kier alpha value is -3.15. The molecule has 0 bridgehead atoms. The Balaban J connectivity index is 1.72. The summed E-state index contributed by atoms with van der Waals surface area (Å²) in [4.78, 5) is 23.8. The number of aromatic hydroxyl groups is 1. The van der Waals surface area contributed by atoms with Gasteiger partial charge < -0.3 is 10.4 Å². The molecule has 3 N–H and O–H groups in total. The molecule has 22 heavy (non-hydrogen) atoms. The summed E-state index contributed by atoms with van der Waals surface area (Å²) >= 11 is 0. The van der Waals surface area contributed by atoms with Gasteiger partial charge in [-0.15, -0.1) is 0 Å². The molecule has 0 fully saturated rings. The quantitative estimate of drug-likeness (QED) is 0.596. The van der Waals surface area contributed by atoms with Crippen LogP contribution < -0.4 is 10.7 Å². The van der Waals surface area contributed by atoms with Gasteiger partial charge in [0.15, 0.2) is 0 Å². The summed E-state index contributed by atoms with van der Waals surface area (Å²) in [6.07, 6.45) is 1.37. The Morgan fingerprint density at radius 3 is 2.73 bits per heavy atom. The third kappa shape index (κ3) is 2.54. The number of hydrogen-bond donors (Lipinski definition) is 3. The van der Waals surface area contributed by atoms with Gasteiger partial charge in [-0.05, 0) is 23.8 Å². The molecule has 2 amide bonds. The number of rotatable bonds is 3. The van der Waals surface area contributed by atoms with E-state index in [-0.39, 0.29) is 17.2 Å². The van der Waals surface area contributed by atoms with E-state index in [9.17, 15) is 14.7 Å². The highest BCUT2D eigenvalue weighted by Gasteiger charge is 2.28. The SMILES string of the molecule is O=C(N/N=C/C1C(=O)Nc2ccccc21)c1ccccc1O. The van der Waals surface area contributed by atoms with Crippen LogP contribution in [-0.2, 0) is 4.79 Å². The number of hydrazone groups is 1. The Labute approximate surface area is 126 Å². The Morgan fingerprint density at radius 1 is 1.18 bits per heavy atom. The predicted octanol–water partition coefficient (Wildman–Crippen LogP) is 1.84. The first kappa shape index (κ1) is 13.8. The first-order valence-electron chi connectivity index (χ1n) is 6.68. The number of nitrogens with one attached hydrogen (secondary N) is 2. The number of carbonyl (C=O) groups is 2. The van der Waals surface area contributed by atoms with Crippen LogP contribution in [0, 0.1) is 0 Å². The molecule has 1 aliphatic heterocycles. The van der Waals surface area contributed by atoms with Gasteiger partial charge in [0.1, 0.15) is 11.7 Å². The number of benzene rings is 2. The molecular weight excluding hydrogens is 282 g/mol. The lowest BCUT2D eigenvalue weighted by molar-refractivity contribution is -0.115. The van der Waals surface area contributed by atoms with Crippen LogP contribution >= 0.6 is 0 Å². The molecule has 6 heteroatoms. The van der Waals surface area contributed by atoms with Gasteiger partial charge in [-0.1, -0.05) is 30.3 Å². The topological polar surface area (TPSA) is 90.8 Å². The van der Waals surface area contributed by atoms with Crippen molar-refractivity contribution < 1.29 is 14.7 Å². The van der Waals surface area contributed by atoms with Crippen LogP contribution in [0.2, 0.25) is 0 Å². The molecule has 1 aliphatic rings. The summed E-state index contributed by atoms with van der Waals surface area (Å²) in [5.41, 5.74) is 3.99. The second-order valence-electron chi connectivity index (χ2n) is 4.79. The molecule has 1 heterocycles. The Bertz CT molecular complexity index is 771. The molecule has 1 unspecified atom stereocenters. The highest BCUT2D eigenvalue weighted by atomic mass is 16.3. The van der Waals surface area contributed by atoms with Crippen molar-refractivity contribution in [3.63, 3.8) is 0 Å². The van der Waals surface area contributed by atoms with Gasteiger partial charge in [0.05, 0.1) is 5.56 Å². The van der Waals surface area contributed by atoms with Crippen LogP contribution in [0.1, 0.15) is 21.8 Å². The number of carbonyl (C=O) groups excluding carboxylic acids is 2. The Morgan fingerprint density at radius 2 is 1.91 bits per heavy atom. The van der Waals surface area contributed by atoms with E-state index >= 15 is 0 Å². The predicted molar refractivity (Wildman–Crippen MR) is 81.9 cm³/mol. The summed E-state index contributed by atoms with van der Waals surface area (Å²) in [6.45, 7) is 0. The number of anilines is 1. The number of hydrogen-bond acceptors (Lipinski definition) is 4. The fraction of sp³-hybridized carbons (Fsp3) is 0.0625. The Kier molecular flexibility index (Phi) is 3.57. The van der Waals surface area contributed by atoms with Crippen molar-refractivity contribution in [2.24, 2.45) is 5.10 Å². The fourth-order valence-electron chi connectivity index (χ4n) is 2.28. The minimum absolute atomic E-state index is 0.121. The van der Waals surface area contributed by atoms with Crippen molar-refractivity contribution in [1.29, 1.82) is 0 Å². The second kappa shape index (κ2) is 5.69. The third-order valence-corrected chi connectivity index (χ3v) is 3.37. The van der Waals surface area contributed by atoms with Crippen molar-refractivity contribution in [3.05, 3.63) is 59.7 Å². The summed E-state index contributed by atoms with van der Waals surface area (Å²) in [5.74, 6) is -1.40. The number of phenolic OH excluding ortho intramolecular Hbond substituents is 1. The van der Waals surface area contributed by atoms with Crippen molar-refractivity contribution in [2.75, 3.05) is 5.32 Å². The highest BCUT2D eigenvalue weighted by Crippen LogP contribution is 2.30. The number of amides is 2. The van der Waals surface area contributed by atoms with E-state index in [0.717, 1.165) is 11.3 Å². The van der Waals surface area contributed by atoms with E-state index in [1.165, 1.54) is 18.3 Å². The largest absolute Gasteiger partial charge is 0.507 e. The number of para-hydroxylation sites is 2. The molecule has 2 aromatic rings.